The van der Waals surface area contributed by atoms with E-state index in [1.807, 2.05) is 0 Å². The van der Waals surface area contributed by atoms with E-state index in [9.17, 15) is 14.7 Å². The fourth-order valence-electron chi connectivity index (χ4n) is 2.15. The van der Waals surface area contributed by atoms with E-state index in [0.717, 1.165) is 11.3 Å². The molecule has 0 fully saturated rings. The fourth-order valence-corrected chi connectivity index (χ4v) is 2.83. The number of nitrogens with one attached hydrogen (secondary N) is 1. The van der Waals surface area contributed by atoms with Gasteiger partial charge in [0.2, 0.25) is 17.6 Å². The number of nitrogens with two attached hydrogens (primary N) is 1. The first-order valence-corrected chi connectivity index (χ1v) is 8.31. The van der Waals surface area contributed by atoms with Crippen LogP contribution in [-0.2, 0) is 11.2 Å². The number of thiophene rings is 1. The van der Waals surface area contributed by atoms with Crippen LogP contribution in [0.1, 0.15) is 15.6 Å². The Morgan fingerprint density at radius 3 is 2.69 bits per heavy atom. The number of rotatable bonds is 6. The summed E-state index contributed by atoms with van der Waals surface area (Å²) in [6, 6.07) is 6.73. The molecule has 0 aliphatic heterocycles. The Kier molecular flexibility index (Phi) is 4.96. The number of carboxylic acids is 1. The van der Waals surface area contributed by atoms with E-state index in [-0.39, 0.29) is 28.6 Å². The minimum Gasteiger partial charge on any atom is -0.508 e. The normalized spacial score (nSPS) is 11.9. The van der Waals surface area contributed by atoms with Gasteiger partial charge in [0.1, 0.15) is 10.6 Å². The van der Waals surface area contributed by atoms with Crippen LogP contribution in [0.15, 0.2) is 40.2 Å². The maximum atomic E-state index is 12.2. The number of aromatic nitrogens is 2. The number of anilines is 1. The van der Waals surface area contributed by atoms with Crippen molar-refractivity contribution in [2.45, 2.75) is 12.5 Å². The standard InChI is InChI=1S/C16H14N4O5S/c17-10(15(22)18-11-5-6-26-13(11)16(23)24)7-12-19-14(20-25-12)8-1-3-9(21)4-2-8/h1-6,10,21H,7,17H2,(H,18,22)(H,23,24)/t10-/m0/s1. The van der Waals surface area contributed by atoms with Crippen LogP contribution in [0.3, 0.4) is 0 Å². The number of carboxylic acid groups (broad SMARTS) is 1. The van der Waals surface area contributed by atoms with Gasteiger partial charge in [-0.3, -0.25) is 4.79 Å². The van der Waals surface area contributed by atoms with E-state index in [1.165, 1.54) is 18.2 Å². The van der Waals surface area contributed by atoms with Crippen molar-refractivity contribution in [1.82, 2.24) is 10.1 Å². The number of aromatic hydroxyl groups is 1. The third-order valence-corrected chi connectivity index (χ3v) is 4.34. The van der Waals surface area contributed by atoms with E-state index in [0.29, 0.717) is 11.4 Å². The molecule has 134 valence electrons. The van der Waals surface area contributed by atoms with Crippen molar-refractivity contribution >= 4 is 28.9 Å². The molecule has 0 saturated heterocycles. The molecule has 2 heterocycles. The highest BCUT2D eigenvalue weighted by atomic mass is 32.1. The maximum Gasteiger partial charge on any atom is 0.348 e. The highest BCUT2D eigenvalue weighted by Gasteiger charge is 2.21. The van der Waals surface area contributed by atoms with Crippen molar-refractivity contribution in [3.05, 3.63) is 46.5 Å². The van der Waals surface area contributed by atoms with E-state index in [2.05, 4.69) is 15.5 Å². The van der Waals surface area contributed by atoms with Crippen LogP contribution in [0.2, 0.25) is 0 Å². The van der Waals surface area contributed by atoms with Crippen LogP contribution in [0.25, 0.3) is 11.4 Å². The highest BCUT2D eigenvalue weighted by Crippen LogP contribution is 2.22. The second-order valence-corrected chi connectivity index (χ2v) is 6.24. The summed E-state index contributed by atoms with van der Waals surface area (Å²) in [5.41, 5.74) is 6.67. The number of carbonyl (C=O) groups is 2. The van der Waals surface area contributed by atoms with Gasteiger partial charge in [0, 0.05) is 5.56 Å². The zero-order valence-electron chi connectivity index (χ0n) is 13.2. The summed E-state index contributed by atoms with van der Waals surface area (Å²) in [6.45, 7) is 0. The summed E-state index contributed by atoms with van der Waals surface area (Å²) in [7, 11) is 0. The highest BCUT2D eigenvalue weighted by molar-refractivity contribution is 7.12. The Balaban J connectivity index is 1.65. The second kappa shape index (κ2) is 7.33. The summed E-state index contributed by atoms with van der Waals surface area (Å²) < 4.78 is 5.09. The predicted molar refractivity (Wildman–Crippen MR) is 93.0 cm³/mol. The number of phenols is 1. The number of aromatic carboxylic acids is 1. The van der Waals surface area contributed by atoms with Gasteiger partial charge in [-0.25, -0.2) is 4.79 Å². The monoisotopic (exact) mass is 374 g/mol. The van der Waals surface area contributed by atoms with Crippen molar-refractivity contribution in [2.75, 3.05) is 5.32 Å². The summed E-state index contributed by atoms with van der Waals surface area (Å²) >= 11 is 1.00. The molecule has 10 heteroatoms. The zero-order valence-corrected chi connectivity index (χ0v) is 14.1. The zero-order chi connectivity index (χ0) is 18.7. The summed E-state index contributed by atoms with van der Waals surface area (Å²) in [4.78, 5) is 27.4. The summed E-state index contributed by atoms with van der Waals surface area (Å²) in [5.74, 6) is -1.10. The first-order valence-electron chi connectivity index (χ1n) is 7.43. The second-order valence-electron chi connectivity index (χ2n) is 5.33. The lowest BCUT2D eigenvalue weighted by molar-refractivity contribution is -0.117. The lowest BCUT2D eigenvalue weighted by atomic mass is 10.2. The van der Waals surface area contributed by atoms with Crippen LogP contribution >= 0.6 is 11.3 Å². The third kappa shape index (κ3) is 3.87. The molecule has 0 spiro atoms. The van der Waals surface area contributed by atoms with Crippen molar-refractivity contribution < 1.29 is 24.3 Å². The molecular weight excluding hydrogens is 360 g/mol. The van der Waals surface area contributed by atoms with Crippen molar-refractivity contribution in [1.29, 1.82) is 0 Å². The molecular formula is C16H14N4O5S. The largest absolute Gasteiger partial charge is 0.508 e. The molecule has 1 amide bonds. The van der Waals surface area contributed by atoms with Crippen LogP contribution in [0, 0.1) is 0 Å². The van der Waals surface area contributed by atoms with Crippen LogP contribution in [-0.4, -0.2) is 38.3 Å². The number of carbonyl (C=O) groups excluding carboxylic acids is 1. The number of amides is 1. The van der Waals surface area contributed by atoms with E-state index >= 15 is 0 Å². The van der Waals surface area contributed by atoms with Gasteiger partial charge in [-0.05, 0) is 35.7 Å². The molecule has 0 saturated carbocycles. The Morgan fingerprint density at radius 1 is 1.27 bits per heavy atom. The van der Waals surface area contributed by atoms with E-state index < -0.39 is 17.9 Å². The van der Waals surface area contributed by atoms with Gasteiger partial charge < -0.3 is 25.8 Å². The van der Waals surface area contributed by atoms with E-state index in [4.69, 9.17) is 15.4 Å². The third-order valence-electron chi connectivity index (χ3n) is 3.44. The Bertz CT molecular complexity index is 934. The Labute approximate surface area is 151 Å². The summed E-state index contributed by atoms with van der Waals surface area (Å²) in [5, 5.41) is 26.2. The molecule has 2 aromatic heterocycles. The molecule has 3 aromatic rings. The topological polar surface area (TPSA) is 152 Å². The van der Waals surface area contributed by atoms with Crippen LogP contribution < -0.4 is 11.1 Å². The number of phenolic OH excluding ortho intramolecular Hbond substituents is 1. The van der Waals surface area contributed by atoms with Crippen LogP contribution in [0.4, 0.5) is 5.69 Å². The molecule has 1 atom stereocenters. The number of hydrogen-bond acceptors (Lipinski definition) is 8. The Hall–Kier alpha value is -3.24. The number of hydrogen-bond donors (Lipinski definition) is 4. The molecule has 26 heavy (non-hydrogen) atoms. The van der Waals surface area contributed by atoms with Crippen molar-refractivity contribution in [3.8, 4) is 17.1 Å². The van der Waals surface area contributed by atoms with Crippen LogP contribution in [0.5, 0.6) is 5.75 Å². The molecule has 5 N–H and O–H groups in total. The van der Waals surface area contributed by atoms with Gasteiger partial charge in [0.05, 0.1) is 18.2 Å². The minimum absolute atomic E-state index is 0.0105. The Morgan fingerprint density at radius 2 is 2.00 bits per heavy atom. The first kappa shape index (κ1) is 17.6. The molecule has 0 radical (unpaired) electrons. The van der Waals surface area contributed by atoms with Crippen molar-refractivity contribution in [2.24, 2.45) is 5.73 Å². The predicted octanol–water partition coefficient (Wildman–Crippen LogP) is 1.71. The lowest BCUT2D eigenvalue weighted by Gasteiger charge is -2.09. The average Bonchev–Trinajstić information content (AvgIpc) is 3.25. The molecule has 9 nitrogen and oxygen atoms in total. The molecule has 0 aliphatic carbocycles. The van der Waals surface area contributed by atoms with Gasteiger partial charge in [-0.15, -0.1) is 11.3 Å². The molecule has 0 aliphatic rings. The molecule has 3 rings (SSSR count). The van der Waals surface area contributed by atoms with Gasteiger partial charge in [-0.2, -0.15) is 4.98 Å². The van der Waals surface area contributed by atoms with Gasteiger partial charge in [0.25, 0.3) is 0 Å². The summed E-state index contributed by atoms with van der Waals surface area (Å²) in [6.07, 6.45) is -0.0105. The van der Waals surface area contributed by atoms with Gasteiger partial charge in [0.15, 0.2) is 0 Å². The quantitative estimate of drug-likeness (QED) is 0.509. The maximum absolute atomic E-state index is 12.2. The molecule has 1 aromatic carbocycles. The molecule has 0 bridgehead atoms. The van der Waals surface area contributed by atoms with Gasteiger partial charge >= 0.3 is 5.97 Å². The smallest absolute Gasteiger partial charge is 0.348 e. The lowest BCUT2D eigenvalue weighted by Crippen LogP contribution is -2.37. The first-order chi connectivity index (χ1) is 12.4. The number of nitrogens with zero attached hydrogens (tertiary/aromatic N) is 2. The number of benzene rings is 1. The van der Waals surface area contributed by atoms with Gasteiger partial charge in [-0.1, -0.05) is 5.16 Å². The van der Waals surface area contributed by atoms with Crippen molar-refractivity contribution in [3.63, 3.8) is 0 Å². The fraction of sp³-hybridized carbons (Fsp3) is 0.125. The SMILES string of the molecule is N[C@@H](Cc1nc(-c2ccc(O)cc2)no1)C(=O)Nc1ccsc1C(=O)O. The van der Waals surface area contributed by atoms with E-state index in [1.54, 1.807) is 17.5 Å². The molecule has 0 unspecified atom stereocenters. The average molecular weight is 374 g/mol. The minimum atomic E-state index is -1.13.